The summed E-state index contributed by atoms with van der Waals surface area (Å²) in [5, 5.41) is 0. The Morgan fingerprint density at radius 1 is 1.16 bits per heavy atom. The second-order valence-electron chi connectivity index (χ2n) is 6.26. The first-order chi connectivity index (χ1) is 11.8. The van der Waals surface area contributed by atoms with Crippen LogP contribution in [0.1, 0.15) is 16.8 Å². The van der Waals surface area contributed by atoms with Crippen LogP contribution in [0.3, 0.4) is 0 Å². The topological polar surface area (TPSA) is 76.2 Å². The van der Waals surface area contributed by atoms with E-state index in [0.717, 1.165) is 6.26 Å². The van der Waals surface area contributed by atoms with Crippen molar-refractivity contribution in [1.29, 1.82) is 0 Å². The number of amides is 1. The first-order valence-electron chi connectivity index (χ1n) is 8.08. The minimum atomic E-state index is -3.41. The first-order valence-corrected chi connectivity index (χ1v) is 9.92. The molecule has 2 heterocycles. The number of morpholine rings is 1. The monoisotopic (exact) mass is 372 g/mol. The Bertz CT molecular complexity index is 757. The van der Waals surface area contributed by atoms with Crippen LogP contribution in [0.5, 0.6) is 0 Å². The summed E-state index contributed by atoms with van der Waals surface area (Å²) in [6.07, 6.45) is 1.68. The summed E-state index contributed by atoms with van der Waals surface area (Å²) in [6.45, 7) is 1.20. The van der Waals surface area contributed by atoms with Crippen LogP contribution >= 0.6 is 0 Å². The number of hydrogen-bond donors (Lipinski definition) is 0. The smallest absolute Gasteiger partial charge is 0.257 e. The minimum absolute atomic E-state index is 0.00683. The molecule has 0 bridgehead atoms. The van der Waals surface area contributed by atoms with Gasteiger partial charge in [-0.05, 0) is 18.6 Å². The average molecular weight is 372 g/mol. The number of hydrogen-bond acceptors (Lipinski definition) is 5. The van der Waals surface area contributed by atoms with Crippen molar-refractivity contribution in [2.45, 2.75) is 12.2 Å². The fourth-order valence-electron chi connectivity index (χ4n) is 3.09. The van der Waals surface area contributed by atoms with Crippen LogP contribution in [0.2, 0.25) is 0 Å². The minimum Gasteiger partial charge on any atom is -0.347 e. The highest BCUT2D eigenvalue weighted by atomic mass is 32.2. The maximum Gasteiger partial charge on any atom is 0.257 e. The van der Waals surface area contributed by atoms with Gasteiger partial charge in [-0.25, -0.2) is 12.8 Å². The van der Waals surface area contributed by atoms with E-state index < -0.39 is 27.5 Å². The quantitative estimate of drug-likeness (QED) is 0.763. The predicted molar refractivity (Wildman–Crippen MR) is 88.0 cm³/mol. The van der Waals surface area contributed by atoms with E-state index in [4.69, 9.17) is 9.47 Å². The molecule has 1 spiro atoms. The van der Waals surface area contributed by atoms with Gasteiger partial charge in [-0.3, -0.25) is 4.79 Å². The molecule has 2 fully saturated rings. The molecule has 0 aromatic heterocycles. The molecule has 0 N–H and O–H groups in total. The third kappa shape index (κ3) is 4.00. The molecule has 0 aliphatic carbocycles. The van der Waals surface area contributed by atoms with Crippen LogP contribution in [0.25, 0.3) is 0 Å². The summed E-state index contributed by atoms with van der Waals surface area (Å²) in [5.41, 5.74) is -0.0202. The Balaban J connectivity index is 1.82. The number of benzene rings is 1. The Morgan fingerprint density at radius 3 is 2.60 bits per heavy atom. The lowest BCUT2D eigenvalue weighted by Crippen LogP contribution is -2.59. The zero-order valence-corrected chi connectivity index (χ0v) is 14.8. The van der Waals surface area contributed by atoms with Crippen molar-refractivity contribution in [2.75, 3.05) is 45.6 Å². The number of nitrogens with zero attached hydrogens (tertiary/aromatic N) is 2. The maximum atomic E-state index is 13.9. The molecule has 1 aromatic rings. The summed E-state index contributed by atoms with van der Waals surface area (Å²) < 4.78 is 50.6. The van der Waals surface area contributed by atoms with E-state index in [2.05, 4.69) is 0 Å². The van der Waals surface area contributed by atoms with E-state index in [0.29, 0.717) is 19.6 Å². The highest BCUT2D eigenvalue weighted by Gasteiger charge is 2.44. The van der Waals surface area contributed by atoms with Gasteiger partial charge in [0.1, 0.15) is 5.82 Å². The molecule has 1 aromatic carbocycles. The van der Waals surface area contributed by atoms with Crippen molar-refractivity contribution in [1.82, 2.24) is 9.21 Å². The molecule has 138 valence electrons. The Kier molecular flexibility index (Phi) is 5.10. The van der Waals surface area contributed by atoms with E-state index in [-0.39, 0.29) is 31.8 Å². The second kappa shape index (κ2) is 6.99. The van der Waals surface area contributed by atoms with Gasteiger partial charge >= 0.3 is 0 Å². The van der Waals surface area contributed by atoms with E-state index >= 15 is 0 Å². The highest BCUT2D eigenvalue weighted by molar-refractivity contribution is 7.88. The van der Waals surface area contributed by atoms with Crippen LogP contribution < -0.4 is 0 Å². The molecule has 1 unspecified atom stereocenters. The Morgan fingerprint density at radius 2 is 1.88 bits per heavy atom. The Labute approximate surface area is 146 Å². The molecular formula is C16H21FN2O5S. The van der Waals surface area contributed by atoms with Gasteiger partial charge < -0.3 is 14.4 Å². The van der Waals surface area contributed by atoms with Gasteiger partial charge in [0.15, 0.2) is 5.79 Å². The molecule has 0 radical (unpaired) electrons. The standard InChI is InChI=1S/C16H21FN2O5S/c1-25(21,22)19-7-4-9-23-16(12-19)11-18(8-10-24-16)15(20)13-5-2-3-6-14(13)17/h2-3,5-6H,4,7-12H2,1H3. The molecule has 1 amide bonds. The van der Waals surface area contributed by atoms with Crippen LogP contribution in [-0.4, -0.2) is 75.0 Å². The van der Waals surface area contributed by atoms with Crippen molar-refractivity contribution in [3.8, 4) is 0 Å². The maximum absolute atomic E-state index is 13.9. The molecule has 25 heavy (non-hydrogen) atoms. The lowest BCUT2D eigenvalue weighted by atomic mass is 10.1. The molecule has 3 rings (SSSR count). The van der Waals surface area contributed by atoms with Crippen molar-refractivity contribution >= 4 is 15.9 Å². The zero-order valence-electron chi connectivity index (χ0n) is 14.0. The van der Waals surface area contributed by atoms with Gasteiger partial charge in [-0.15, -0.1) is 0 Å². The van der Waals surface area contributed by atoms with Crippen LogP contribution in [-0.2, 0) is 19.5 Å². The predicted octanol–water partition coefficient (Wildman–Crippen LogP) is 0.676. The highest BCUT2D eigenvalue weighted by Crippen LogP contribution is 2.26. The SMILES string of the molecule is CS(=O)(=O)N1CCCOC2(CN(C(=O)c3ccccc3F)CCO2)C1. The van der Waals surface area contributed by atoms with E-state index in [1.807, 2.05) is 0 Å². The summed E-state index contributed by atoms with van der Waals surface area (Å²) in [5.74, 6) is -2.27. The number of sulfonamides is 1. The largest absolute Gasteiger partial charge is 0.347 e. The van der Waals surface area contributed by atoms with Gasteiger partial charge in [0.2, 0.25) is 10.0 Å². The van der Waals surface area contributed by atoms with Crippen LogP contribution in [0.4, 0.5) is 4.39 Å². The normalized spacial score (nSPS) is 25.8. The van der Waals surface area contributed by atoms with E-state index in [1.54, 1.807) is 6.07 Å². The van der Waals surface area contributed by atoms with Crippen molar-refractivity contribution in [3.05, 3.63) is 35.6 Å². The summed E-state index contributed by atoms with van der Waals surface area (Å²) in [4.78, 5) is 14.1. The Hall–Kier alpha value is -1.55. The van der Waals surface area contributed by atoms with E-state index in [1.165, 1.54) is 27.4 Å². The fourth-order valence-corrected chi connectivity index (χ4v) is 3.99. The lowest BCUT2D eigenvalue weighted by Gasteiger charge is -2.42. The van der Waals surface area contributed by atoms with Gasteiger partial charge in [0.25, 0.3) is 5.91 Å². The molecule has 0 saturated carbocycles. The van der Waals surface area contributed by atoms with Crippen molar-refractivity contribution in [3.63, 3.8) is 0 Å². The van der Waals surface area contributed by atoms with Gasteiger partial charge in [-0.1, -0.05) is 12.1 Å². The summed E-state index contributed by atoms with van der Waals surface area (Å²) in [6, 6.07) is 5.78. The van der Waals surface area contributed by atoms with Crippen LogP contribution in [0.15, 0.2) is 24.3 Å². The second-order valence-corrected chi connectivity index (χ2v) is 8.25. The average Bonchev–Trinajstić information content (AvgIpc) is 2.77. The first kappa shape index (κ1) is 18.2. The third-order valence-corrected chi connectivity index (χ3v) is 5.60. The number of halogens is 1. The molecule has 7 nitrogen and oxygen atoms in total. The van der Waals surface area contributed by atoms with Crippen LogP contribution in [0, 0.1) is 5.82 Å². The van der Waals surface area contributed by atoms with Gasteiger partial charge in [-0.2, -0.15) is 4.31 Å². The summed E-state index contributed by atoms with van der Waals surface area (Å²) >= 11 is 0. The zero-order chi connectivity index (χ0) is 18.1. The molecule has 9 heteroatoms. The van der Waals surface area contributed by atoms with Crippen molar-refractivity contribution < 1.29 is 27.1 Å². The molecule has 2 aliphatic rings. The molecule has 2 aliphatic heterocycles. The number of ether oxygens (including phenoxy) is 2. The lowest BCUT2D eigenvalue weighted by molar-refractivity contribution is -0.257. The third-order valence-electron chi connectivity index (χ3n) is 4.35. The van der Waals surface area contributed by atoms with E-state index in [9.17, 15) is 17.6 Å². The molecule has 1 atom stereocenters. The number of carbonyl (C=O) groups excluding carboxylic acids is 1. The number of carbonyl (C=O) groups is 1. The molecular weight excluding hydrogens is 351 g/mol. The summed E-state index contributed by atoms with van der Waals surface area (Å²) in [7, 11) is -3.41. The number of rotatable bonds is 2. The molecule has 2 saturated heterocycles. The van der Waals surface area contributed by atoms with Crippen molar-refractivity contribution in [2.24, 2.45) is 0 Å². The van der Waals surface area contributed by atoms with Gasteiger partial charge in [0.05, 0.1) is 38.1 Å². The van der Waals surface area contributed by atoms with Gasteiger partial charge in [0, 0.05) is 13.1 Å². The fraction of sp³-hybridized carbons (Fsp3) is 0.562.